The Hall–Kier alpha value is -2.92. The van der Waals surface area contributed by atoms with Crippen molar-refractivity contribution in [2.45, 2.75) is 18.9 Å². The first-order chi connectivity index (χ1) is 11.8. The van der Waals surface area contributed by atoms with Gasteiger partial charge >= 0.3 is 0 Å². The number of anilines is 2. The van der Waals surface area contributed by atoms with Crippen LogP contribution in [0.3, 0.4) is 0 Å². The third-order valence-electron chi connectivity index (χ3n) is 4.10. The van der Waals surface area contributed by atoms with Gasteiger partial charge in [0.2, 0.25) is 5.82 Å². The van der Waals surface area contributed by atoms with Gasteiger partial charge in [0.25, 0.3) is 0 Å². The van der Waals surface area contributed by atoms with Gasteiger partial charge in [0.15, 0.2) is 0 Å². The molecule has 2 N–H and O–H groups in total. The van der Waals surface area contributed by atoms with Crippen LogP contribution in [-0.4, -0.2) is 46.9 Å². The second-order valence-corrected chi connectivity index (χ2v) is 5.52. The quantitative estimate of drug-likeness (QED) is 0.808. The molecule has 3 rings (SSSR count). The summed E-state index contributed by atoms with van der Waals surface area (Å²) in [5, 5.41) is 25.6. The number of nitrogens with zero attached hydrogens (tertiary/aromatic N) is 5. The van der Waals surface area contributed by atoms with Crippen LogP contribution in [0, 0.1) is 11.3 Å². The molecule has 1 saturated heterocycles. The molecular weight excluding hydrogens is 306 g/mol. The fourth-order valence-electron chi connectivity index (χ4n) is 2.70. The number of benzene rings is 1. The molecule has 1 fully saturated rings. The molecule has 0 spiro atoms. The molecule has 8 heteroatoms. The van der Waals surface area contributed by atoms with Crippen LogP contribution >= 0.6 is 0 Å². The standard InChI is InChI=1S/C16H19N7O/c1-24-15-6-8-23(9-7-15)14-4-2-13(3-5-14)18-11-12(10-17)16-19-21-22-20-16/h2-5,11,15,18H,6-9H2,1H3,(H,19,20,21,22). The largest absolute Gasteiger partial charge is 0.381 e. The zero-order valence-corrected chi connectivity index (χ0v) is 13.4. The SMILES string of the molecule is COC1CCN(c2ccc(NC=C(C#N)c3nn[nH]n3)cc2)CC1. The monoisotopic (exact) mass is 325 g/mol. The number of aromatic nitrogens is 4. The van der Waals surface area contributed by atoms with Crippen LogP contribution in [0.5, 0.6) is 0 Å². The van der Waals surface area contributed by atoms with Crippen molar-refractivity contribution < 1.29 is 4.74 Å². The highest BCUT2D eigenvalue weighted by Gasteiger charge is 2.18. The summed E-state index contributed by atoms with van der Waals surface area (Å²) in [5.41, 5.74) is 2.40. The number of nitrogens with one attached hydrogen (secondary N) is 2. The van der Waals surface area contributed by atoms with Crippen molar-refractivity contribution in [2.24, 2.45) is 0 Å². The molecule has 0 unspecified atom stereocenters. The van der Waals surface area contributed by atoms with Crippen molar-refractivity contribution in [1.29, 1.82) is 5.26 Å². The van der Waals surface area contributed by atoms with Gasteiger partial charge in [-0.15, -0.1) is 10.2 Å². The minimum absolute atomic E-state index is 0.266. The smallest absolute Gasteiger partial charge is 0.216 e. The van der Waals surface area contributed by atoms with Crippen LogP contribution in [0.25, 0.3) is 5.57 Å². The van der Waals surface area contributed by atoms with Gasteiger partial charge in [-0.25, -0.2) is 0 Å². The predicted octanol–water partition coefficient (Wildman–Crippen LogP) is 1.79. The first-order valence-electron chi connectivity index (χ1n) is 7.78. The summed E-state index contributed by atoms with van der Waals surface area (Å²) in [6.07, 6.45) is 4.05. The van der Waals surface area contributed by atoms with Crippen molar-refractivity contribution in [3.63, 3.8) is 0 Å². The number of tetrazole rings is 1. The average Bonchev–Trinajstić information content (AvgIpc) is 3.17. The maximum Gasteiger partial charge on any atom is 0.216 e. The number of hydrogen-bond acceptors (Lipinski definition) is 7. The lowest BCUT2D eigenvalue weighted by molar-refractivity contribution is 0.0819. The van der Waals surface area contributed by atoms with Crippen LogP contribution in [-0.2, 0) is 4.74 Å². The number of hydrogen-bond donors (Lipinski definition) is 2. The molecule has 0 atom stereocenters. The van der Waals surface area contributed by atoms with Gasteiger partial charge in [0, 0.05) is 37.8 Å². The van der Waals surface area contributed by atoms with E-state index in [1.165, 1.54) is 5.69 Å². The maximum atomic E-state index is 9.14. The van der Waals surface area contributed by atoms with E-state index < -0.39 is 0 Å². The fourth-order valence-corrected chi connectivity index (χ4v) is 2.70. The van der Waals surface area contributed by atoms with Crippen molar-refractivity contribution in [3.8, 4) is 6.07 Å². The first kappa shape index (κ1) is 16.0. The van der Waals surface area contributed by atoms with Crippen LogP contribution in [0.4, 0.5) is 11.4 Å². The molecule has 24 heavy (non-hydrogen) atoms. The van der Waals surface area contributed by atoms with Crippen LogP contribution in [0.1, 0.15) is 18.7 Å². The van der Waals surface area contributed by atoms with E-state index in [9.17, 15) is 0 Å². The van der Waals surface area contributed by atoms with Crippen molar-refractivity contribution in [2.75, 3.05) is 30.4 Å². The lowest BCUT2D eigenvalue weighted by Gasteiger charge is -2.33. The van der Waals surface area contributed by atoms with Gasteiger partial charge in [-0.1, -0.05) is 0 Å². The fraction of sp³-hybridized carbons (Fsp3) is 0.375. The molecule has 8 nitrogen and oxygen atoms in total. The minimum Gasteiger partial charge on any atom is -0.381 e. The molecule has 1 aliphatic rings. The van der Waals surface area contributed by atoms with Gasteiger partial charge < -0.3 is 15.0 Å². The summed E-state index contributed by atoms with van der Waals surface area (Å²) in [6, 6.07) is 10.2. The second kappa shape index (κ2) is 7.57. The van der Waals surface area contributed by atoms with E-state index in [0.29, 0.717) is 11.7 Å². The summed E-state index contributed by atoms with van der Waals surface area (Å²) in [4.78, 5) is 2.36. The van der Waals surface area contributed by atoms with Crippen molar-refractivity contribution in [1.82, 2.24) is 20.6 Å². The lowest BCUT2D eigenvalue weighted by Crippen LogP contribution is -2.36. The third kappa shape index (κ3) is 3.70. The molecule has 0 amide bonds. The molecule has 2 aromatic rings. The van der Waals surface area contributed by atoms with E-state index in [0.717, 1.165) is 31.6 Å². The Kier molecular flexibility index (Phi) is 5.03. The summed E-state index contributed by atoms with van der Waals surface area (Å²) in [6.45, 7) is 2.00. The minimum atomic E-state index is 0.266. The number of allylic oxidation sites excluding steroid dienone is 1. The van der Waals surface area contributed by atoms with E-state index in [1.54, 1.807) is 13.3 Å². The zero-order valence-electron chi connectivity index (χ0n) is 13.4. The number of aromatic amines is 1. The molecule has 1 aliphatic heterocycles. The second-order valence-electron chi connectivity index (χ2n) is 5.52. The van der Waals surface area contributed by atoms with Crippen LogP contribution < -0.4 is 10.2 Å². The Balaban J connectivity index is 1.62. The molecule has 0 aliphatic carbocycles. The molecule has 1 aromatic carbocycles. The molecule has 2 heterocycles. The summed E-state index contributed by atoms with van der Waals surface area (Å²) in [7, 11) is 1.78. The normalized spacial score (nSPS) is 16.0. The highest BCUT2D eigenvalue weighted by Crippen LogP contribution is 2.23. The highest BCUT2D eigenvalue weighted by atomic mass is 16.5. The molecule has 0 radical (unpaired) electrons. The van der Waals surface area contributed by atoms with E-state index in [2.05, 4.69) is 43.0 Å². The number of H-pyrrole nitrogens is 1. The molecule has 124 valence electrons. The van der Waals surface area contributed by atoms with E-state index in [-0.39, 0.29) is 5.82 Å². The number of piperidine rings is 1. The summed E-state index contributed by atoms with van der Waals surface area (Å²) >= 11 is 0. The number of nitriles is 1. The van der Waals surface area contributed by atoms with E-state index in [4.69, 9.17) is 10.00 Å². The van der Waals surface area contributed by atoms with E-state index >= 15 is 0 Å². The molecule has 1 aromatic heterocycles. The van der Waals surface area contributed by atoms with Crippen LogP contribution in [0.2, 0.25) is 0 Å². The highest BCUT2D eigenvalue weighted by molar-refractivity contribution is 5.74. The number of rotatable bonds is 5. The van der Waals surface area contributed by atoms with E-state index in [1.807, 2.05) is 18.2 Å². The number of ether oxygens (including phenoxy) is 1. The molecule has 0 saturated carbocycles. The first-order valence-corrected chi connectivity index (χ1v) is 7.78. The Morgan fingerprint density at radius 3 is 2.71 bits per heavy atom. The third-order valence-corrected chi connectivity index (χ3v) is 4.10. The average molecular weight is 325 g/mol. The van der Waals surface area contributed by atoms with Gasteiger partial charge in [0.05, 0.1) is 6.10 Å². The topological polar surface area (TPSA) is 103 Å². The molecular formula is C16H19N7O. The zero-order chi connectivity index (χ0) is 16.8. The Bertz CT molecular complexity index is 710. The number of methoxy groups -OCH3 is 1. The van der Waals surface area contributed by atoms with Crippen LogP contribution in [0.15, 0.2) is 30.5 Å². The van der Waals surface area contributed by atoms with Gasteiger partial charge in [0.1, 0.15) is 11.6 Å². The van der Waals surface area contributed by atoms with Crippen molar-refractivity contribution >= 4 is 16.9 Å². The summed E-state index contributed by atoms with van der Waals surface area (Å²) < 4.78 is 5.40. The summed E-state index contributed by atoms with van der Waals surface area (Å²) in [5.74, 6) is 0.266. The lowest BCUT2D eigenvalue weighted by atomic mass is 10.1. The molecule has 0 bridgehead atoms. The van der Waals surface area contributed by atoms with Gasteiger partial charge in [-0.2, -0.15) is 10.5 Å². The van der Waals surface area contributed by atoms with Crippen molar-refractivity contribution in [3.05, 3.63) is 36.3 Å². The Labute approximate surface area is 140 Å². The Morgan fingerprint density at radius 2 is 2.12 bits per heavy atom. The predicted molar refractivity (Wildman–Crippen MR) is 90.1 cm³/mol. The maximum absolute atomic E-state index is 9.14. The van der Waals surface area contributed by atoms with Gasteiger partial charge in [-0.3, -0.25) is 0 Å². The Morgan fingerprint density at radius 1 is 1.38 bits per heavy atom. The van der Waals surface area contributed by atoms with Gasteiger partial charge in [-0.05, 0) is 42.3 Å².